The Morgan fingerprint density at radius 3 is 2.60 bits per heavy atom. The smallest absolute Gasteiger partial charge is 0.250 e. The van der Waals surface area contributed by atoms with E-state index in [1.807, 2.05) is 30.3 Å². The van der Waals surface area contributed by atoms with Crippen molar-refractivity contribution in [2.75, 3.05) is 0 Å². The Bertz CT molecular complexity index is 775. The number of hydrogen-bond donors (Lipinski definition) is 3. The Hall–Kier alpha value is -2.66. The number of aliphatic hydroxyl groups is 1. The van der Waals surface area contributed by atoms with Gasteiger partial charge in [-0.2, -0.15) is 5.10 Å². The molecule has 4 N–H and O–H groups in total. The normalized spacial score (nSPS) is 10.8. The number of nitrogens with two attached hydrogens (primary N) is 1. The van der Waals surface area contributed by atoms with Crippen LogP contribution in [0.4, 0.5) is 0 Å². The SMILES string of the molecule is NC(=O)c1cc(-c2ccc(CO)cc2)cc2cn[nH]c12. The van der Waals surface area contributed by atoms with Gasteiger partial charge in [-0.3, -0.25) is 9.89 Å². The van der Waals surface area contributed by atoms with Gasteiger partial charge in [0.1, 0.15) is 0 Å². The van der Waals surface area contributed by atoms with E-state index in [0.29, 0.717) is 11.1 Å². The molecular formula is C15H13N3O2. The van der Waals surface area contributed by atoms with Crippen molar-refractivity contribution in [1.82, 2.24) is 10.2 Å². The third-order valence-corrected chi connectivity index (χ3v) is 3.28. The summed E-state index contributed by atoms with van der Waals surface area (Å²) >= 11 is 0. The minimum absolute atomic E-state index is 0.00752. The first kappa shape index (κ1) is 12.4. The molecule has 0 saturated carbocycles. The van der Waals surface area contributed by atoms with Gasteiger partial charge in [-0.1, -0.05) is 24.3 Å². The van der Waals surface area contributed by atoms with Gasteiger partial charge in [-0.05, 0) is 28.8 Å². The molecule has 3 rings (SSSR count). The number of rotatable bonds is 3. The monoisotopic (exact) mass is 267 g/mol. The maximum Gasteiger partial charge on any atom is 0.250 e. The fraction of sp³-hybridized carbons (Fsp3) is 0.0667. The van der Waals surface area contributed by atoms with Crippen LogP contribution in [0.25, 0.3) is 22.0 Å². The highest BCUT2D eigenvalue weighted by molar-refractivity contribution is 6.06. The molecule has 0 aliphatic carbocycles. The predicted molar refractivity (Wildman–Crippen MR) is 76.0 cm³/mol. The molecular weight excluding hydrogens is 254 g/mol. The zero-order chi connectivity index (χ0) is 14.1. The minimum atomic E-state index is -0.493. The number of primary amides is 1. The average Bonchev–Trinajstić information content (AvgIpc) is 2.94. The molecule has 0 aliphatic rings. The Kier molecular flexibility index (Phi) is 2.96. The largest absolute Gasteiger partial charge is 0.392 e. The number of aromatic amines is 1. The highest BCUT2D eigenvalue weighted by Gasteiger charge is 2.11. The standard InChI is InChI=1S/C15H13N3O2/c16-15(20)13-6-11(5-12-7-17-18-14(12)13)10-3-1-9(8-19)2-4-10/h1-7,19H,8H2,(H2,16,20)(H,17,18). The first-order chi connectivity index (χ1) is 9.69. The number of nitrogens with one attached hydrogen (secondary N) is 1. The number of aromatic nitrogens is 2. The molecule has 5 heteroatoms. The van der Waals surface area contributed by atoms with E-state index >= 15 is 0 Å². The van der Waals surface area contributed by atoms with Crippen LogP contribution in [0.1, 0.15) is 15.9 Å². The van der Waals surface area contributed by atoms with Crippen molar-refractivity contribution in [1.29, 1.82) is 0 Å². The topological polar surface area (TPSA) is 92.0 Å². The lowest BCUT2D eigenvalue weighted by Crippen LogP contribution is -2.11. The number of aliphatic hydroxyl groups excluding tert-OH is 1. The highest BCUT2D eigenvalue weighted by Crippen LogP contribution is 2.26. The number of hydrogen-bond acceptors (Lipinski definition) is 3. The molecule has 0 atom stereocenters. The molecule has 1 amide bonds. The van der Waals surface area contributed by atoms with Crippen LogP contribution in [-0.4, -0.2) is 21.2 Å². The quantitative estimate of drug-likeness (QED) is 0.676. The van der Waals surface area contributed by atoms with Gasteiger partial charge in [0.05, 0.1) is 23.9 Å². The lowest BCUT2D eigenvalue weighted by atomic mass is 9.99. The fourth-order valence-electron chi connectivity index (χ4n) is 2.22. The van der Waals surface area contributed by atoms with E-state index in [1.165, 1.54) is 0 Å². The van der Waals surface area contributed by atoms with Gasteiger partial charge in [0, 0.05) is 5.39 Å². The van der Waals surface area contributed by atoms with Crippen molar-refractivity contribution in [3.05, 3.63) is 53.7 Å². The molecule has 0 saturated heterocycles. The lowest BCUT2D eigenvalue weighted by Gasteiger charge is -2.06. The van der Waals surface area contributed by atoms with Gasteiger partial charge >= 0.3 is 0 Å². The molecule has 3 aromatic rings. The maximum absolute atomic E-state index is 11.5. The molecule has 100 valence electrons. The van der Waals surface area contributed by atoms with Crippen molar-refractivity contribution in [2.24, 2.45) is 5.73 Å². The number of carbonyl (C=O) groups is 1. The summed E-state index contributed by atoms with van der Waals surface area (Å²) in [6.45, 7) is 0.00752. The van der Waals surface area contributed by atoms with Crippen molar-refractivity contribution >= 4 is 16.8 Å². The fourth-order valence-corrected chi connectivity index (χ4v) is 2.22. The number of benzene rings is 2. The highest BCUT2D eigenvalue weighted by atomic mass is 16.3. The third-order valence-electron chi connectivity index (χ3n) is 3.28. The second-order valence-electron chi connectivity index (χ2n) is 4.58. The first-order valence-electron chi connectivity index (χ1n) is 6.16. The summed E-state index contributed by atoms with van der Waals surface area (Å²) in [5.74, 6) is -0.493. The molecule has 0 bridgehead atoms. The van der Waals surface area contributed by atoms with Gasteiger partial charge in [0.2, 0.25) is 0 Å². The van der Waals surface area contributed by atoms with E-state index < -0.39 is 5.91 Å². The predicted octanol–water partition coefficient (Wildman–Crippen LogP) is 1.82. The van der Waals surface area contributed by atoms with Crippen molar-refractivity contribution in [2.45, 2.75) is 6.61 Å². The molecule has 1 heterocycles. The summed E-state index contributed by atoms with van der Waals surface area (Å²) in [4.78, 5) is 11.5. The Labute approximate surface area is 115 Å². The van der Waals surface area contributed by atoms with E-state index in [2.05, 4.69) is 10.2 Å². The molecule has 0 unspecified atom stereocenters. The molecule has 5 nitrogen and oxygen atoms in total. The van der Waals surface area contributed by atoms with E-state index in [9.17, 15) is 4.79 Å². The Morgan fingerprint density at radius 1 is 1.20 bits per heavy atom. The van der Waals surface area contributed by atoms with Crippen LogP contribution in [0.15, 0.2) is 42.6 Å². The van der Waals surface area contributed by atoms with Gasteiger partial charge in [0.25, 0.3) is 5.91 Å². The molecule has 1 aromatic heterocycles. The van der Waals surface area contributed by atoms with Gasteiger partial charge < -0.3 is 10.8 Å². The summed E-state index contributed by atoms with van der Waals surface area (Å²) in [5, 5.41) is 16.6. The molecule has 0 radical (unpaired) electrons. The van der Waals surface area contributed by atoms with E-state index in [0.717, 1.165) is 22.1 Å². The van der Waals surface area contributed by atoms with Gasteiger partial charge in [0.15, 0.2) is 0 Å². The zero-order valence-corrected chi connectivity index (χ0v) is 10.6. The van der Waals surface area contributed by atoms with Gasteiger partial charge in [-0.15, -0.1) is 0 Å². The number of nitrogens with zero attached hydrogens (tertiary/aromatic N) is 1. The van der Waals surface area contributed by atoms with Crippen LogP contribution < -0.4 is 5.73 Å². The lowest BCUT2D eigenvalue weighted by molar-refractivity contribution is 0.100. The second-order valence-corrected chi connectivity index (χ2v) is 4.58. The van der Waals surface area contributed by atoms with Crippen LogP contribution in [-0.2, 0) is 6.61 Å². The summed E-state index contributed by atoms with van der Waals surface area (Å²) in [5.41, 5.74) is 9.16. The van der Waals surface area contributed by atoms with Crippen LogP contribution in [0.2, 0.25) is 0 Å². The number of carbonyl (C=O) groups excluding carboxylic acids is 1. The first-order valence-corrected chi connectivity index (χ1v) is 6.16. The zero-order valence-electron chi connectivity index (χ0n) is 10.6. The van der Waals surface area contributed by atoms with Crippen molar-refractivity contribution in [3.8, 4) is 11.1 Å². The molecule has 0 fully saturated rings. The number of fused-ring (bicyclic) bond motifs is 1. The van der Waals surface area contributed by atoms with Crippen LogP contribution in [0.3, 0.4) is 0 Å². The van der Waals surface area contributed by atoms with Crippen LogP contribution >= 0.6 is 0 Å². The van der Waals surface area contributed by atoms with E-state index in [1.54, 1.807) is 12.3 Å². The van der Waals surface area contributed by atoms with Crippen molar-refractivity contribution in [3.63, 3.8) is 0 Å². The summed E-state index contributed by atoms with van der Waals surface area (Å²) < 4.78 is 0. The molecule has 2 aromatic carbocycles. The average molecular weight is 267 g/mol. The maximum atomic E-state index is 11.5. The number of amides is 1. The Morgan fingerprint density at radius 2 is 1.95 bits per heavy atom. The van der Waals surface area contributed by atoms with E-state index in [-0.39, 0.29) is 6.61 Å². The van der Waals surface area contributed by atoms with Crippen LogP contribution in [0, 0.1) is 0 Å². The molecule has 20 heavy (non-hydrogen) atoms. The summed E-state index contributed by atoms with van der Waals surface area (Å²) in [6.07, 6.45) is 1.66. The second kappa shape index (κ2) is 4.79. The molecule has 0 aliphatic heterocycles. The van der Waals surface area contributed by atoms with Crippen molar-refractivity contribution < 1.29 is 9.90 Å². The summed E-state index contributed by atoms with van der Waals surface area (Å²) in [6, 6.07) is 11.2. The molecule has 0 spiro atoms. The van der Waals surface area contributed by atoms with Crippen LogP contribution in [0.5, 0.6) is 0 Å². The van der Waals surface area contributed by atoms with E-state index in [4.69, 9.17) is 10.8 Å². The third kappa shape index (κ3) is 2.04. The minimum Gasteiger partial charge on any atom is -0.392 e. The number of H-pyrrole nitrogens is 1. The summed E-state index contributed by atoms with van der Waals surface area (Å²) in [7, 11) is 0. The van der Waals surface area contributed by atoms with Gasteiger partial charge in [-0.25, -0.2) is 0 Å². The Balaban J connectivity index is 2.17.